The van der Waals surface area contributed by atoms with E-state index in [1.807, 2.05) is 0 Å². The summed E-state index contributed by atoms with van der Waals surface area (Å²) >= 11 is 0. The van der Waals surface area contributed by atoms with E-state index >= 15 is 0 Å². The molecule has 3 heterocycles. The summed E-state index contributed by atoms with van der Waals surface area (Å²) in [6, 6.07) is 0. The van der Waals surface area contributed by atoms with Gasteiger partial charge in [0.2, 0.25) is 5.91 Å². The number of rotatable bonds is 4. The lowest BCUT2D eigenvalue weighted by atomic mass is 9.90. The fraction of sp³-hybridized carbons (Fsp3) is 0.438. The zero-order chi connectivity index (χ0) is 16.3. The molecule has 0 radical (unpaired) electrons. The van der Waals surface area contributed by atoms with Gasteiger partial charge in [-0.25, -0.2) is 0 Å². The first-order valence-corrected chi connectivity index (χ1v) is 7.63. The Balaban J connectivity index is 2.02. The number of likely N-dealkylation sites (N-methyl/N-ethyl adjacent to an activating group) is 1. The van der Waals surface area contributed by atoms with Crippen molar-refractivity contribution in [1.29, 1.82) is 0 Å². The summed E-state index contributed by atoms with van der Waals surface area (Å²) in [7, 11) is 3.55. The van der Waals surface area contributed by atoms with E-state index in [4.69, 9.17) is 0 Å². The van der Waals surface area contributed by atoms with Crippen LogP contribution in [0.4, 0.5) is 0 Å². The molecule has 1 unspecified atom stereocenters. The van der Waals surface area contributed by atoms with Crippen molar-refractivity contribution in [3.05, 3.63) is 48.6 Å². The predicted molar refractivity (Wildman–Crippen MR) is 84.1 cm³/mol. The minimum absolute atomic E-state index is 0.0272. The Morgan fingerprint density at radius 3 is 2.52 bits per heavy atom. The molecule has 7 nitrogen and oxygen atoms in total. The molecule has 23 heavy (non-hydrogen) atoms. The molecule has 1 aliphatic heterocycles. The van der Waals surface area contributed by atoms with Crippen LogP contribution in [0.3, 0.4) is 0 Å². The van der Waals surface area contributed by atoms with Gasteiger partial charge in [-0.1, -0.05) is 0 Å². The first-order chi connectivity index (χ1) is 11.1. The van der Waals surface area contributed by atoms with Gasteiger partial charge in [0.15, 0.2) is 0 Å². The van der Waals surface area contributed by atoms with Crippen molar-refractivity contribution in [2.45, 2.75) is 24.9 Å². The molecule has 1 saturated heterocycles. The zero-order valence-corrected chi connectivity index (χ0v) is 13.4. The Bertz CT molecular complexity index is 663. The van der Waals surface area contributed by atoms with Crippen LogP contribution in [0.1, 0.15) is 24.2 Å². The highest BCUT2D eigenvalue weighted by atomic mass is 16.2. The summed E-state index contributed by atoms with van der Waals surface area (Å²) in [6.07, 6.45) is 11.7. The van der Waals surface area contributed by atoms with Crippen molar-refractivity contribution in [1.82, 2.24) is 29.7 Å². The van der Waals surface area contributed by atoms with Crippen LogP contribution in [-0.2, 0) is 16.9 Å². The van der Waals surface area contributed by atoms with Crippen molar-refractivity contribution in [3.8, 4) is 0 Å². The number of carbonyl (C=O) groups is 1. The third-order valence-electron chi connectivity index (χ3n) is 4.22. The van der Waals surface area contributed by atoms with Crippen LogP contribution in [0.5, 0.6) is 0 Å². The van der Waals surface area contributed by atoms with Gasteiger partial charge in [0.05, 0.1) is 17.6 Å². The van der Waals surface area contributed by atoms with Gasteiger partial charge in [-0.3, -0.25) is 29.6 Å². The number of aromatic nitrogens is 4. The SMILES string of the molecule is CN(C)C(=O)C1(c2cnccn2)CCCN1Cc1cnccn1. The molecule has 7 heteroatoms. The molecule has 0 aliphatic carbocycles. The number of hydrogen-bond acceptors (Lipinski definition) is 6. The molecule has 2 aromatic rings. The highest BCUT2D eigenvalue weighted by Crippen LogP contribution is 2.39. The van der Waals surface area contributed by atoms with Crippen LogP contribution in [0.25, 0.3) is 0 Å². The summed E-state index contributed by atoms with van der Waals surface area (Å²) in [5.74, 6) is 0.0272. The van der Waals surface area contributed by atoms with Crippen LogP contribution >= 0.6 is 0 Å². The topological polar surface area (TPSA) is 75.1 Å². The molecule has 3 rings (SSSR count). The van der Waals surface area contributed by atoms with Gasteiger partial charge in [0.25, 0.3) is 0 Å². The summed E-state index contributed by atoms with van der Waals surface area (Å²) in [4.78, 5) is 33.9. The molecule has 1 fully saturated rings. The molecule has 120 valence electrons. The molecule has 0 aromatic carbocycles. The number of hydrogen-bond donors (Lipinski definition) is 0. The molecular weight excluding hydrogens is 292 g/mol. The predicted octanol–water partition coefficient (Wildman–Crippen LogP) is 0.846. The maximum Gasteiger partial charge on any atom is 0.248 e. The monoisotopic (exact) mass is 312 g/mol. The second-order valence-electron chi connectivity index (χ2n) is 5.87. The molecule has 0 spiro atoms. The Kier molecular flexibility index (Phi) is 4.29. The normalized spacial score (nSPS) is 21.3. The van der Waals surface area contributed by atoms with Crippen LogP contribution < -0.4 is 0 Å². The van der Waals surface area contributed by atoms with Crippen molar-refractivity contribution in [2.24, 2.45) is 0 Å². The summed E-state index contributed by atoms with van der Waals surface area (Å²) in [6.45, 7) is 1.37. The smallest absolute Gasteiger partial charge is 0.248 e. The van der Waals surface area contributed by atoms with Crippen LogP contribution in [0, 0.1) is 0 Å². The molecule has 1 amide bonds. The number of nitrogens with zero attached hydrogens (tertiary/aromatic N) is 6. The Morgan fingerprint density at radius 1 is 1.17 bits per heavy atom. The van der Waals surface area contributed by atoms with Gasteiger partial charge in [-0.2, -0.15) is 0 Å². The number of likely N-dealkylation sites (tertiary alicyclic amines) is 1. The minimum atomic E-state index is -0.782. The fourth-order valence-electron chi connectivity index (χ4n) is 3.22. The van der Waals surface area contributed by atoms with E-state index < -0.39 is 5.54 Å². The molecule has 1 atom stereocenters. The number of carbonyl (C=O) groups excluding carboxylic acids is 1. The lowest BCUT2D eigenvalue weighted by Gasteiger charge is -2.38. The summed E-state index contributed by atoms with van der Waals surface area (Å²) in [5, 5.41) is 0. The lowest BCUT2D eigenvalue weighted by Crippen LogP contribution is -2.52. The first kappa shape index (κ1) is 15.5. The lowest BCUT2D eigenvalue weighted by molar-refractivity contribution is -0.141. The maximum absolute atomic E-state index is 13.0. The van der Waals surface area contributed by atoms with E-state index in [9.17, 15) is 4.79 Å². The third kappa shape index (κ3) is 2.79. The van der Waals surface area contributed by atoms with E-state index in [-0.39, 0.29) is 5.91 Å². The van der Waals surface area contributed by atoms with Gasteiger partial charge < -0.3 is 4.90 Å². The Labute approximate surface area is 135 Å². The van der Waals surface area contributed by atoms with Crippen molar-refractivity contribution in [3.63, 3.8) is 0 Å². The second-order valence-corrected chi connectivity index (χ2v) is 5.87. The van der Waals surface area contributed by atoms with Gasteiger partial charge in [-0.15, -0.1) is 0 Å². The largest absolute Gasteiger partial charge is 0.347 e. The first-order valence-electron chi connectivity index (χ1n) is 7.63. The third-order valence-corrected chi connectivity index (χ3v) is 4.22. The molecule has 1 aliphatic rings. The average molecular weight is 312 g/mol. The molecular formula is C16H20N6O. The van der Waals surface area contributed by atoms with Gasteiger partial charge >= 0.3 is 0 Å². The van der Waals surface area contributed by atoms with Crippen LogP contribution in [0.2, 0.25) is 0 Å². The fourth-order valence-corrected chi connectivity index (χ4v) is 3.22. The molecule has 2 aromatic heterocycles. The number of amides is 1. The van der Waals surface area contributed by atoms with E-state index in [2.05, 4.69) is 24.8 Å². The van der Waals surface area contributed by atoms with Crippen molar-refractivity contribution >= 4 is 5.91 Å². The highest BCUT2D eigenvalue weighted by Gasteiger charge is 2.51. The Morgan fingerprint density at radius 2 is 1.91 bits per heavy atom. The van der Waals surface area contributed by atoms with E-state index in [0.717, 1.165) is 25.1 Å². The van der Waals surface area contributed by atoms with Gasteiger partial charge in [0, 0.05) is 58.2 Å². The van der Waals surface area contributed by atoms with E-state index in [1.165, 1.54) is 0 Å². The van der Waals surface area contributed by atoms with Gasteiger partial charge in [-0.05, 0) is 12.8 Å². The zero-order valence-electron chi connectivity index (χ0n) is 13.4. The molecule has 0 saturated carbocycles. The molecule has 0 bridgehead atoms. The van der Waals surface area contributed by atoms with Crippen LogP contribution in [-0.4, -0.2) is 56.3 Å². The molecule has 0 N–H and O–H groups in total. The van der Waals surface area contributed by atoms with Crippen molar-refractivity contribution < 1.29 is 4.79 Å². The van der Waals surface area contributed by atoms with E-state index in [0.29, 0.717) is 12.2 Å². The summed E-state index contributed by atoms with van der Waals surface area (Å²) in [5.41, 5.74) is 0.754. The van der Waals surface area contributed by atoms with Crippen LogP contribution in [0.15, 0.2) is 37.2 Å². The second kappa shape index (κ2) is 6.37. The van der Waals surface area contributed by atoms with Gasteiger partial charge in [0.1, 0.15) is 5.54 Å². The van der Waals surface area contributed by atoms with E-state index in [1.54, 1.807) is 56.2 Å². The quantitative estimate of drug-likeness (QED) is 0.833. The highest BCUT2D eigenvalue weighted by molar-refractivity contribution is 5.87. The average Bonchev–Trinajstić information content (AvgIpc) is 3.00. The van der Waals surface area contributed by atoms with Crippen molar-refractivity contribution in [2.75, 3.05) is 20.6 Å². The maximum atomic E-state index is 13.0. The standard InChI is InChI=1S/C16H20N6O/c1-21(2)15(23)16(14-11-18-6-8-20-14)4-3-9-22(16)12-13-10-17-5-7-19-13/h5-8,10-11H,3-4,9,12H2,1-2H3. The minimum Gasteiger partial charge on any atom is -0.347 e. The Hall–Kier alpha value is -2.41. The summed E-state index contributed by atoms with van der Waals surface area (Å²) < 4.78 is 0.